The van der Waals surface area contributed by atoms with E-state index >= 15 is 0 Å². The maximum Gasteiger partial charge on any atom is 0.224 e. The summed E-state index contributed by atoms with van der Waals surface area (Å²) in [6, 6.07) is 7.90. The average molecular weight is 356 g/mol. The second-order valence-corrected chi connectivity index (χ2v) is 6.66. The second-order valence-electron chi connectivity index (χ2n) is 6.66. The molecule has 2 aromatic rings. The molecule has 26 heavy (non-hydrogen) atoms. The van der Waals surface area contributed by atoms with Gasteiger partial charge in [-0.05, 0) is 24.1 Å². The van der Waals surface area contributed by atoms with E-state index in [2.05, 4.69) is 26.3 Å². The van der Waals surface area contributed by atoms with E-state index in [0.29, 0.717) is 31.6 Å². The summed E-state index contributed by atoms with van der Waals surface area (Å²) >= 11 is 0. The molecular formula is C19H24N4O3. The van der Waals surface area contributed by atoms with Crippen LogP contribution < -0.4 is 15.0 Å². The van der Waals surface area contributed by atoms with Crippen LogP contribution in [0.4, 0.5) is 11.8 Å². The van der Waals surface area contributed by atoms with Gasteiger partial charge in [-0.2, -0.15) is 4.98 Å². The fraction of sp³-hybridized carbons (Fsp3) is 0.474. The molecule has 1 fully saturated rings. The third kappa shape index (κ3) is 3.45. The van der Waals surface area contributed by atoms with Crippen molar-refractivity contribution in [2.24, 2.45) is 0 Å². The maximum absolute atomic E-state index is 9.42. The third-order valence-electron chi connectivity index (χ3n) is 4.92. The Morgan fingerprint density at radius 2 is 2.19 bits per heavy atom. The smallest absolute Gasteiger partial charge is 0.224 e. The Morgan fingerprint density at radius 1 is 1.27 bits per heavy atom. The van der Waals surface area contributed by atoms with E-state index < -0.39 is 0 Å². The first-order valence-corrected chi connectivity index (χ1v) is 9.01. The van der Waals surface area contributed by atoms with Gasteiger partial charge in [0.25, 0.3) is 0 Å². The van der Waals surface area contributed by atoms with Gasteiger partial charge in [0, 0.05) is 37.7 Å². The lowest BCUT2D eigenvalue weighted by atomic mass is 10.0. The van der Waals surface area contributed by atoms with Gasteiger partial charge in [0.15, 0.2) is 0 Å². The number of aliphatic hydroxyl groups excluding tert-OH is 1. The largest absolute Gasteiger partial charge is 0.491 e. The summed E-state index contributed by atoms with van der Waals surface area (Å²) < 4.78 is 11.4. The molecule has 2 aliphatic rings. The van der Waals surface area contributed by atoms with E-state index in [0.717, 1.165) is 48.0 Å². The van der Waals surface area contributed by atoms with Crippen LogP contribution in [0.15, 0.2) is 24.3 Å². The number of anilines is 2. The van der Waals surface area contributed by atoms with Crippen LogP contribution in [0, 0.1) is 0 Å². The van der Waals surface area contributed by atoms with Gasteiger partial charge in [-0.15, -0.1) is 0 Å². The number of fused-ring (bicyclic) bond motifs is 1. The standard InChI is InChI=1S/C19H24N4O3/c1-20-19-21-16(14-4-6-25-12-14)9-18(22-19)23-5-7-26-17-3-2-13(11-24)8-15(17)10-23/h2-3,8-9,14,24H,4-7,10-12H2,1H3,(H,20,21,22). The zero-order valence-electron chi connectivity index (χ0n) is 14.9. The summed E-state index contributed by atoms with van der Waals surface area (Å²) in [7, 11) is 1.84. The van der Waals surface area contributed by atoms with Crippen LogP contribution in [0.2, 0.25) is 0 Å². The summed E-state index contributed by atoms with van der Waals surface area (Å²) in [5, 5.41) is 12.5. The number of aliphatic hydroxyl groups is 1. The average Bonchev–Trinajstić information content (AvgIpc) is 3.14. The first-order valence-electron chi connectivity index (χ1n) is 9.01. The fourth-order valence-corrected chi connectivity index (χ4v) is 3.44. The Kier molecular flexibility index (Phi) is 4.90. The highest BCUT2D eigenvalue weighted by atomic mass is 16.5. The first kappa shape index (κ1) is 17.1. The quantitative estimate of drug-likeness (QED) is 0.866. The number of nitrogens with one attached hydrogen (secondary N) is 1. The van der Waals surface area contributed by atoms with E-state index in [1.165, 1.54) is 0 Å². The van der Waals surface area contributed by atoms with E-state index in [-0.39, 0.29) is 6.61 Å². The molecule has 0 aliphatic carbocycles. The fourth-order valence-electron chi connectivity index (χ4n) is 3.44. The second kappa shape index (κ2) is 7.47. The van der Waals surface area contributed by atoms with Crippen LogP contribution in [-0.4, -0.2) is 48.5 Å². The molecule has 1 atom stereocenters. The Hall–Kier alpha value is -2.38. The predicted molar refractivity (Wildman–Crippen MR) is 98.7 cm³/mol. The zero-order valence-corrected chi connectivity index (χ0v) is 14.9. The van der Waals surface area contributed by atoms with Gasteiger partial charge < -0.3 is 24.8 Å². The van der Waals surface area contributed by atoms with E-state index in [4.69, 9.17) is 9.47 Å². The Morgan fingerprint density at radius 3 is 2.96 bits per heavy atom. The number of rotatable bonds is 4. The third-order valence-corrected chi connectivity index (χ3v) is 4.92. The van der Waals surface area contributed by atoms with Crippen LogP contribution in [-0.2, 0) is 17.9 Å². The van der Waals surface area contributed by atoms with E-state index in [1.807, 2.05) is 25.2 Å². The number of hydrogen-bond donors (Lipinski definition) is 2. The van der Waals surface area contributed by atoms with E-state index in [9.17, 15) is 5.11 Å². The highest BCUT2D eigenvalue weighted by Gasteiger charge is 2.23. The normalized spacial score (nSPS) is 19.6. The number of ether oxygens (including phenoxy) is 2. The van der Waals surface area contributed by atoms with Crippen molar-refractivity contribution in [2.45, 2.75) is 25.5 Å². The molecular weight excluding hydrogens is 332 g/mol. The number of hydrogen-bond acceptors (Lipinski definition) is 7. The highest BCUT2D eigenvalue weighted by molar-refractivity contribution is 5.49. The number of aromatic nitrogens is 2. The van der Waals surface area contributed by atoms with Gasteiger partial charge in [0.1, 0.15) is 18.2 Å². The lowest BCUT2D eigenvalue weighted by molar-refractivity contribution is 0.193. The summed E-state index contributed by atoms with van der Waals surface area (Å²) in [6.45, 7) is 3.54. The van der Waals surface area contributed by atoms with Gasteiger partial charge in [-0.25, -0.2) is 4.98 Å². The number of nitrogens with zero attached hydrogens (tertiary/aromatic N) is 3. The van der Waals surface area contributed by atoms with Crippen molar-refractivity contribution in [3.05, 3.63) is 41.1 Å². The summed E-state index contributed by atoms with van der Waals surface area (Å²) in [5.74, 6) is 2.70. The minimum absolute atomic E-state index is 0.0243. The van der Waals surface area contributed by atoms with Gasteiger partial charge in [0.05, 0.1) is 25.5 Å². The van der Waals surface area contributed by atoms with Crippen molar-refractivity contribution in [1.82, 2.24) is 9.97 Å². The van der Waals surface area contributed by atoms with Crippen molar-refractivity contribution in [1.29, 1.82) is 0 Å². The van der Waals surface area contributed by atoms with Crippen molar-refractivity contribution >= 4 is 11.8 Å². The van der Waals surface area contributed by atoms with Crippen molar-refractivity contribution in [3.63, 3.8) is 0 Å². The molecule has 1 saturated heterocycles. The highest BCUT2D eigenvalue weighted by Crippen LogP contribution is 2.30. The van der Waals surface area contributed by atoms with Crippen LogP contribution in [0.5, 0.6) is 5.75 Å². The summed E-state index contributed by atoms with van der Waals surface area (Å²) in [5.41, 5.74) is 2.97. The molecule has 1 aromatic carbocycles. The maximum atomic E-state index is 9.42. The molecule has 1 unspecified atom stereocenters. The minimum Gasteiger partial charge on any atom is -0.491 e. The Bertz CT molecular complexity index is 777. The van der Waals surface area contributed by atoms with Crippen molar-refractivity contribution in [2.75, 3.05) is 43.6 Å². The first-order chi connectivity index (χ1) is 12.8. The molecule has 0 radical (unpaired) electrons. The lowest BCUT2D eigenvalue weighted by Crippen LogP contribution is -2.27. The molecule has 0 amide bonds. The van der Waals surface area contributed by atoms with Crippen molar-refractivity contribution < 1.29 is 14.6 Å². The molecule has 7 heteroatoms. The SMILES string of the molecule is CNc1nc(C2CCOC2)cc(N2CCOc3ccc(CO)cc3C2)n1. The molecule has 3 heterocycles. The monoisotopic (exact) mass is 356 g/mol. The molecule has 0 spiro atoms. The van der Waals surface area contributed by atoms with Crippen molar-refractivity contribution in [3.8, 4) is 5.75 Å². The molecule has 2 aliphatic heterocycles. The predicted octanol–water partition coefficient (Wildman–Crippen LogP) is 1.91. The molecule has 7 nitrogen and oxygen atoms in total. The van der Waals surface area contributed by atoms with Crippen LogP contribution >= 0.6 is 0 Å². The molecule has 0 bridgehead atoms. The molecule has 4 rings (SSSR count). The van der Waals surface area contributed by atoms with Crippen LogP contribution in [0.25, 0.3) is 0 Å². The molecule has 138 valence electrons. The molecule has 1 aromatic heterocycles. The molecule has 0 saturated carbocycles. The minimum atomic E-state index is 0.0243. The Labute approximate surface area is 153 Å². The summed E-state index contributed by atoms with van der Waals surface area (Å²) in [4.78, 5) is 11.5. The topological polar surface area (TPSA) is 79.7 Å². The Balaban J connectivity index is 1.66. The van der Waals surface area contributed by atoms with Gasteiger partial charge in [0.2, 0.25) is 5.95 Å². The van der Waals surface area contributed by atoms with Gasteiger partial charge in [-0.3, -0.25) is 0 Å². The molecule has 2 N–H and O–H groups in total. The number of benzene rings is 1. The zero-order chi connectivity index (χ0) is 17.9. The van der Waals surface area contributed by atoms with E-state index in [1.54, 1.807) is 0 Å². The van der Waals surface area contributed by atoms with Gasteiger partial charge in [-0.1, -0.05) is 6.07 Å². The van der Waals surface area contributed by atoms with Gasteiger partial charge >= 0.3 is 0 Å². The lowest BCUT2D eigenvalue weighted by Gasteiger charge is -2.23. The van der Waals surface area contributed by atoms with Crippen LogP contribution in [0.1, 0.15) is 29.2 Å². The summed E-state index contributed by atoms with van der Waals surface area (Å²) in [6.07, 6.45) is 0.991. The van der Waals surface area contributed by atoms with Crippen LogP contribution in [0.3, 0.4) is 0 Å².